The van der Waals surface area contributed by atoms with Crippen molar-refractivity contribution in [3.63, 3.8) is 0 Å². The normalized spacial score (nSPS) is 12.6. The zero-order valence-corrected chi connectivity index (χ0v) is 15.3. The molecular weight excluding hydrogens is 330 g/mol. The molecule has 134 valence electrons. The number of hydrogen-bond acceptors (Lipinski definition) is 5. The molecular formula is C16H25NO6Si. The van der Waals surface area contributed by atoms with E-state index < -0.39 is 20.7 Å². The fourth-order valence-corrected chi connectivity index (χ4v) is 4.17. The van der Waals surface area contributed by atoms with Crippen molar-refractivity contribution < 1.29 is 28.0 Å². The van der Waals surface area contributed by atoms with Gasteiger partial charge in [-0.3, -0.25) is 9.59 Å². The van der Waals surface area contributed by atoms with Gasteiger partial charge in [-0.1, -0.05) is 18.2 Å². The average molecular weight is 355 g/mol. The van der Waals surface area contributed by atoms with Gasteiger partial charge in [-0.2, -0.15) is 0 Å². The van der Waals surface area contributed by atoms with E-state index in [2.05, 4.69) is 5.32 Å². The van der Waals surface area contributed by atoms with Gasteiger partial charge >= 0.3 is 14.8 Å². The highest BCUT2D eigenvalue weighted by molar-refractivity contribution is 6.60. The third kappa shape index (κ3) is 6.40. The molecule has 0 saturated heterocycles. The number of para-hydroxylation sites is 1. The van der Waals surface area contributed by atoms with E-state index in [0.29, 0.717) is 24.6 Å². The summed E-state index contributed by atoms with van der Waals surface area (Å²) in [5.74, 6) is -1.93. The Bertz CT molecular complexity index is 512. The van der Waals surface area contributed by atoms with Crippen LogP contribution in [0.15, 0.2) is 30.3 Å². The van der Waals surface area contributed by atoms with Gasteiger partial charge in [0.15, 0.2) is 0 Å². The van der Waals surface area contributed by atoms with E-state index in [-0.39, 0.29) is 12.3 Å². The molecule has 1 aromatic carbocycles. The van der Waals surface area contributed by atoms with Gasteiger partial charge in [0.05, 0.1) is 6.42 Å². The molecule has 0 spiro atoms. The van der Waals surface area contributed by atoms with Gasteiger partial charge in [0.25, 0.3) is 0 Å². The number of anilines is 1. The van der Waals surface area contributed by atoms with Crippen LogP contribution in [0.4, 0.5) is 5.69 Å². The van der Waals surface area contributed by atoms with Crippen LogP contribution in [0.25, 0.3) is 0 Å². The second kappa shape index (κ2) is 10.2. The molecule has 1 unspecified atom stereocenters. The highest BCUT2D eigenvalue weighted by Gasteiger charge is 2.37. The minimum Gasteiger partial charge on any atom is -0.481 e. The van der Waals surface area contributed by atoms with Crippen molar-refractivity contribution in [2.45, 2.75) is 25.3 Å². The molecule has 24 heavy (non-hydrogen) atoms. The van der Waals surface area contributed by atoms with Crippen LogP contribution in [0.2, 0.25) is 6.04 Å². The number of nitrogens with one attached hydrogen (secondary N) is 1. The molecule has 0 bridgehead atoms. The molecule has 0 fully saturated rings. The predicted molar refractivity (Wildman–Crippen MR) is 91.6 cm³/mol. The Labute approximate surface area is 143 Å². The molecule has 0 aromatic heterocycles. The SMILES string of the molecule is CO[Si](CCCC(CC(=O)O)C(=O)Nc1ccccc1)(OC)OC. The maximum Gasteiger partial charge on any atom is 0.500 e. The summed E-state index contributed by atoms with van der Waals surface area (Å²) in [7, 11) is 1.86. The Balaban J connectivity index is 2.64. The minimum atomic E-state index is -2.71. The van der Waals surface area contributed by atoms with Gasteiger partial charge in [0.2, 0.25) is 5.91 Å². The first-order chi connectivity index (χ1) is 11.5. The van der Waals surface area contributed by atoms with Crippen molar-refractivity contribution in [2.75, 3.05) is 26.6 Å². The lowest BCUT2D eigenvalue weighted by atomic mass is 9.98. The van der Waals surface area contributed by atoms with Crippen molar-refractivity contribution in [2.24, 2.45) is 5.92 Å². The number of hydrogen-bond donors (Lipinski definition) is 2. The van der Waals surface area contributed by atoms with Gasteiger partial charge < -0.3 is 23.7 Å². The Kier molecular flexibility index (Phi) is 8.62. The summed E-state index contributed by atoms with van der Waals surface area (Å²) in [6, 6.07) is 9.48. The number of rotatable bonds is 11. The predicted octanol–water partition coefficient (Wildman–Crippen LogP) is 2.37. The van der Waals surface area contributed by atoms with E-state index in [4.69, 9.17) is 18.4 Å². The Morgan fingerprint density at radius 2 is 1.71 bits per heavy atom. The summed E-state index contributed by atoms with van der Waals surface area (Å²) in [5, 5.41) is 11.8. The lowest BCUT2D eigenvalue weighted by molar-refractivity contribution is -0.140. The summed E-state index contributed by atoms with van der Waals surface area (Å²) in [6.45, 7) is 0. The van der Waals surface area contributed by atoms with Crippen molar-refractivity contribution >= 4 is 26.4 Å². The number of carboxylic acids is 1. The van der Waals surface area contributed by atoms with E-state index >= 15 is 0 Å². The van der Waals surface area contributed by atoms with E-state index in [1.54, 1.807) is 24.3 Å². The average Bonchev–Trinajstić information content (AvgIpc) is 2.58. The molecule has 0 aliphatic rings. The molecule has 2 N–H and O–H groups in total. The summed E-state index contributed by atoms with van der Waals surface area (Å²) in [6.07, 6.45) is 0.762. The lowest BCUT2D eigenvalue weighted by Gasteiger charge is -2.25. The van der Waals surface area contributed by atoms with Crippen LogP contribution < -0.4 is 5.32 Å². The topological polar surface area (TPSA) is 94.1 Å². The zero-order chi connectivity index (χ0) is 18.0. The molecule has 0 radical (unpaired) electrons. The second-order valence-electron chi connectivity index (χ2n) is 5.34. The fraction of sp³-hybridized carbons (Fsp3) is 0.500. The number of carbonyl (C=O) groups excluding carboxylic acids is 1. The fourth-order valence-electron chi connectivity index (χ4n) is 2.42. The highest BCUT2D eigenvalue weighted by atomic mass is 28.4. The van der Waals surface area contributed by atoms with Gasteiger partial charge in [-0.25, -0.2) is 0 Å². The maximum absolute atomic E-state index is 12.4. The van der Waals surface area contributed by atoms with Crippen LogP contribution in [-0.4, -0.2) is 47.1 Å². The maximum atomic E-state index is 12.4. The van der Waals surface area contributed by atoms with Crippen LogP contribution in [0, 0.1) is 5.92 Å². The van der Waals surface area contributed by atoms with E-state index in [9.17, 15) is 9.59 Å². The molecule has 0 aliphatic carbocycles. The van der Waals surface area contributed by atoms with Gasteiger partial charge in [-0.05, 0) is 25.0 Å². The van der Waals surface area contributed by atoms with Gasteiger partial charge in [0.1, 0.15) is 0 Å². The minimum absolute atomic E-state index is 0.222. The number of benzene rings is 1. The van der Waals surface area contributed by atoms with E-state index in [1.807, 2.05) is 6.07 Å². The van der Waals surface area contributed by atoms with E-state index in [0.717, 1.165) is 0 Å². The molecule has 7 nitrogen and oxygen atoms in total. The number of amides is 1. The van der Waals surface area contributed by atoms with Crippen molar-refractivity contribution in [1.29, 1.82) is 0 Å². The van der Waals surface area contributed by atoms with Crippen LogP contribution >= 0.6 is 0 Å². The molecule has 0 heterocycles. The van der Waals surface area contributed by atoms with Crippen molar-refractivity contribution in [1.82, 2.24) is 0 Å². The first-order valence-corrected chi connectivity index (χ1v) is 9.62. The molecule has 0 aliphatic heterocycles. The van der Waals surface area contributed by atoms with Crippen molar-refractivity contribution in [3.05, 3.63) is 30.3 Å². The number of carboxylic acid groups (broad SMARTS) is 1. The molecule has 1 rings (SSSR count). The number of aliphatic carboxylic acids is 1. The summed E-state index contributed by atoms with van der Waals surface area (Å²) < 4.78 is 16.0. The van der Waals surface area contributed by atoms with Crippen LogP contribution in [-0.2, 0) is 22.9 Å². The smallest absolute Gasteiger partial charge is 0.481 e. The first-order valence-electron chi connectivity index (χ1n) is 7.69. The molecule has 1 amide bonds. The van der Waals surface area contributed by atoms with Crippen LogP contribution in [0.5, 0.6) is 0 Å². The second-order valence-corrected chi connectivity index (χ2v) is 8.43. The molecule has 1 aromatic rings. The molecule has 8 heteroatoms. The van der Waals surface area contributed by atoms with Crippen molar-refractivity contribution in [3.8, 4) is 0 Å². The molecule has 1 atom stereocenters. The molecule has 0 saturated carbocycles. The standard InChI is InChI=1S/C16H25NO6Si/c1-21-24(22-2,23-3)11-7-8-13(12-15(18)19)16(20)17-14-9-5-4-6-10-14/h4-6,9-10,13H,7-8,11-12H2,1-3H3,(H,17,20)(H,18,19). The first kappa shape index (κ1) is 20.3. The number of carbonyl (C=O) groups is 2. The summed E-state index contributed by atoms with van der Waals surface area (Å²) >= 11 is 0. The van der Waals surface area contributed by atoms with Crippen LogP contribution in [0.1, 0.15) is 19.3 Å². The van der Waals surface area contributed by atoms with Gasteiger partial charge in [0, 0.05) is 39.0 Å². The Morgan fingerprint density at radius 1 is 1.12 bits per heavy atom. The van der Waals surface area contributed by atoms with Gasteiger partial charge in [-0.15, -0.1) is 0 Å². The lowest BCUT2D eigenvalue weighted by Crippen LogP contribution is -2.42. The van der Waals surface area contributed by atoms with Crippen LogP contribution in [0.3, 0.4) is 0 Å². The quantitative estimate of drug-likeness (QED) is 0.592. The third-order valence-corrected chi connectivity index (χ3v) is 6.63. The summed E-state index contributed by atoms with van der Waals surface area (Å²) in [5.41, 5.74) is 0.646. The Morgan fingerprint density at radius 3 is 2.21 bits per heavy atom. The third-order valence-electron chi connectivity index (χ3n) is 3.80. The zero-order valence-electron chi connectivity index (χ0n) is 14.3. The summed E-state index contributed by atoms with van der Waals surface area (Å²) in [4.78, 5) is 23.4. The monoisotopic (exact) mass is 355 g/mol. The highest BCUT2D eigenvalue weighted by Crippen LogP contribution is 2.22. The van der Waals surface area contributed by atoms with E-state index in [1.165, 1.54) is 21.3 Å². The Hall–Kier alpha value is -1.74. The largest absolute Gasteiger partial charge is 0.500 e.